The van der Waals surface area contributed by atoms with Crippen molar-refractivity contribution in [3.8, 4) is 0 Å². The second-order valence-corrected chi connectivity index (χ2v) is 4.34. The smallest absolute Gasteiger partial charge is 0.139 e. The molecular weight excluding hydrogens is 216 g/mol. The van der Waals surface area contributed by atoms with Crippen molar-refractivity contribution in [2.75, 3.05) is 31.7 Å². The Balaban J connectivity index is 2.16. The summed E-state index contributed by atoms with van der Waals surface area (Å²) in [5.74, 6) is 1.43. The number of rotatable bonds is 4. The highest BCUT2D eigenvalue weighted by molar-refractivity contribution is 5.99. The summed E-state index contributed by atoms with van der Waals surface area (Å²) in [4.78, 5) is 6.52. The van der Waals surface area contributed by atoms with Crippen LogP contribution < -0.4 is 10.6 Å². The van der Waals surface area contributed by atoms with Gasteiger partial charge in [0.2, 0.25) is 0 Å². The molecule has 1 fully saturated rings. The monoisotopic (exact) mass is 234 g/mol. The summed E-state index contributed by atoms with van der Waals surface area (Å²) in [5.41, 5.74) is 6.28. The van der Waals surface area contributed by atoms with E-state index in [-0.39, 0.29) is 5.84 Å². The van der Waals surface area contributed by atoms with E-state index in [1.807, 2.05) is 12.1 Å². The van der Waals surface area contributed by atoms with Gasteiger partial charge in [-0.15, -0.1) is 0 Å². The Kier molecular flexibility index (Phi) is 3.58. The van der Waals surface area contributed by atoms with E-state index < -0.39 is 0 Å². The number of hydrogen-bond acceptors (Lipinski definition) is 4. The van der Waals surface area contributed by atoms with Gasteiger partial charge in [-0.05, 0) is 18.6 Å². The van der Waals surface area contributed by atoms with Crippen molar-refractivity contribution in [3.05, 3.63) is 23.9 Å². The number of nitrogens with one attached hydrogen (secondary N) is 1. The lowest BCUT2D eigenvalue weighted by Crippen LogP contribution is -2.26. The van der Waals surface area contributed by atoms with Gasteiger partial charge in [0.05, 0.1) is 12.2 Å². The van der Waals surface area contributed by atoms with Crippen molar-refractivity contribution < 1.29 is 4.74 Å². The van der Waals surface area contributed by atoms with Gasteiger partial charge in [0.1, 0.15) is 11.7 Å². The quantitative estimate of drug-likeness (QED) is 0.598. The predicted molar refractivity (Wildman–Crippen MR) is 67.4 cm³/mol. The van der Waals surface area contributed by atoms with E-state index >= 15 is 0 Å². The summed E-state index contributed by atoms with van der Waals surface area (Å²) in [6.45, 7) is 2.65. The fourth-order valence-electron chi connectivity index (χ4n) is 2.26. The zero-order valence-electron chi connectivity index (χ0n) is 10.0. The van der Waals surface area contributed by atoms with E-state index in [0.29, 0.717) is 11.5 Å². The number of nitrogen functional groups attached to an aromatic ring is 1. The fraction of sp³-hybridized carbons (Fsp3) is 0.500. The SMILES string of the molecule is COCC1CCN(c2ncccc2C(=N)N)C1. The van der Waals surface area contributed by atoms with Gasteiger partial charge in [-0.2, -0.15) is 0 Å². The maximum Gasteiger partial charge on any atom is 0.139 e. The first-order chi connectivity index (χ1) is 8.22. The summed E-state index contributed by atoms with van der Waals surface area (Å²) in [6.07, 6.45) is 2.84. The lowest BCUT2D eigenvalue weighted by molar-refractivity contribution is 0.161. The van der Waals surface area contributed by atoms with Gasteiger partial charge in [-0.25, -0.2) is 4.98 Å². The summed E-state index contributed by atoms with van der Waals surface area (Å²) in [5, 5.41) is 7.56. The van der Waals surface area contributed by atoms with Gasteiger partial charge in [0, 0.05) is 32.3 Å². The number of hydrogen-bond donors (Lipinski definition) is 2. The third kappa shape index (κ3) is 2.55. The van der Waals surface area contributed by atoms with Crippen LogP contribution in [-0.4, -0.2) is 37.6 Å². The van der Waals surface area contributed by atoms with E-state index in [1.165, 1.54) is 0 Å². The van der Waals surface area contributed by atoms with Crippen LogP contribution >= 0.6 is 0 Å². The molecule has 17 heavy (non-hydrogen) atoms. The molecule has 2 rings (SSSR count). The first kappa shape index (κ1) is 11.9. The van der Waals surface area contributed by atoms with Crippen LogP contribution in [0.5, 0.6) is 0 Å². The number of ether oxygens (including phenoxy) is 1. The minimum atomic E-state index is 0.0725. The topological polar surface area (TPSA) is 75.2 Å². The van der Waals surface area contributed by atoms with Crippen molar-refractivity contribution in [2.45, 2.75) is 6.42 Å². The third-order valence-corrected chi connectivity index (χ3v) is 3.06. The Hall–Kier alpha value is -1.62. The molecule has 0 radical (unpaired) electrons. The molecule has 0 aromatic carbocycles. The zero-order chi connectivity index (χ0) is 12.3. The van der Waals surface area contributed by atoms with Crippen LogP contribution in [0.2, 0.25) is 0 Å². The Labute approximate surface area is 101 Å². The molecule has 92 valence electrons. The standard InChI is InChI=1S/C12H18N4O/c1-17-8-9-4-6-16(7-9)12-10(11(13)14)3-2-5-15-12/h2-3,5,9H,4,6-8H2,1H3,(H3,13,14). The summed E-state index contributed by atoms with van der Waals surface area (Å²) in [6, 6.07) is 3.65. The molecule has 1 unspecified atom stereocenters. The Morgan fingerprint density at radius 1 is 1.71 bits per heavy atom. The second-order valence-electron chi connectivity index (χ2n) is 4.34. The molecule has 3 N–H and O–H groups in total. The molecule has 1 saturated heterocycles. The maximum atomic E-state index is 7.56. The average molecular weight is 234 g/mol. The normalized spacial score (nSPS) is 19.6. The molecule has 1 aliphatic rings. The fourth-order valence-corrected chi connectivity index (χ4v) is 2.26. The molecule has 1 aromatic heterocycles. The summed E-state index contributed by atoms with van der Waals surface area (Å²) in [7, 11) is 1.73. The highest BCUT2D eigenvalue weighted by atomic mass is 16.5. The number of aromatic nitrogens is 1. The number of methoxy groups -OCH3 is 1. The van der Waals surface area contributed by atoms with Crippen LogP contribution in [0.3, 0.4) is 0 Å². The minimum Gasteiger partial charge on any atom is -0.384 e. The molecule has 0 spiro atoms. The number of pyridine rings is 1. The van der Waals surface area contributed by atoms with Crippen molar-refractivity contribution >= 4 is 11.7 Å². The molecule has 5 heteroatoms. The molecule has 5 nitrogen and oxygen atoms in total. The van der Waals surface area contributed by atoms with Crippen LogP contribution in [0.25, 0.3) is 0 Å². The van der Waals surface area contributed by atoms with E-state index in [1.54, 1.807) is 13.3 Å². The molecule has 1 aliphatic heterocycles. The minimum absolute atomic E-state index is 0.0725. The first-order valence-corrected chi connectivity index (χ1v) is 5.75. The van der Waals surface area contributed by atoms with Crippen molar-refractivity contribution in [1.29, 1.82) is 5.41 Å². The molecule has 2 heterocycles. The van der Waals surface area contributed by atoms with Crippen LogP contribution in [-0.2, 0) is 4.74 Å². The average Bonchev–Trinajstić information content (AvgIpc) is 2.78. The Morgan fingerprint density at radius 3 is 3.24 bits per heavy atom. The van der Waals surface area contributed by atoms with Crippen LogP contribution in [0.1, 0.15) is 12.0 Å². The largest absolute Gasteiger partial charge is 0.384 e. The number of nitrogens with zero attached hydrogens (tertiary/aromatic N) is 2. The highest BCUT2D eigenvalue weighted by Gasteiger charge is 2.25. The van der Waals surface area contributed by atoms with Crippen molar-refractivity contribution in [1.82, 2.24) is 4.98 Å². The van der Waals surface area contributed by atoms with Crippen LogP contribution in [0, 0.1) is 11.3 Å². The van der Waals surface area contributed by atoms with E-state index in [4.69, 9.17) is 15.9 Å². The molecule has 0 aliphatic carbocycles. The van der Waals surface area contributed by atoms with Crippen molar-refractivity contribution in [3.63, 3.8) is 0 Å². The van der Waals surface area contributed by atoms with Gasteiger partial charge < -0.3 is 15.4 Å². The summed E-state index contributed by atoms with van der Waals surface area (Å²) < 4.78 is 5.17. The van der Waals surface area contributed by atoms with Crippen molar-refractivity contribution in [2.24, 2.45) is 11.7 Å². The van der Waals surface area contributed by atoms with Gasteiger partial charge in [-0.1, -0.05) is 0 Å². The molecular formula is C12H18N4O. The molecule has 0 amide bonds. The summed E-state index contributed by atoms with van der Waals surface area (Å²) >= 11 is 0. The molecule has 1 aromatic rings. The number of anilines is 1. The lowest BCUT2D eigenvalue weighted by Gasteiger charge is -2.20. The van der Waals surface area contributed by atoms with E-state index in [0.717, 1.165) is 31.9 Å². The molecule has 1 atom stereocenters. The first-order valence-electron chi connectivity index (χ1n) is 5.75. The van der Waals surface area contributed by atoms with Gasteiger partial charge >= 0.3 is 0 Å². The Morgan fingerprint density at radius 2 is 2.53 bits per heavy atom. The highest BCUT2D eigenvalue weighted by Crippen LogP contribution is 2.24. The van der Waals surface area contributed by atoms with Gasteiger partial charge in [-0.3, -0.25) is 5.41 Å². The third-order valence-electron chi connectivity index (χ3n) is 3.06. The lowest BCUT2D eigenvalue weighted by atomic mass is 10.1. The van der Waals surface area contributed by atoms with E-state index in [9.17, 15) is 0 Å². The number of amidine groups is 1. The van der Waals surface area contributed by atoms with Gasteiger partial charge in [0.15, 0.2) is 0 Å². The molecule has 0 bridgehead atoms. The zero-order valence-corrected chi connectivity index (χ0v) is 10.0. The maximum absolute atomic E-state index is 7.56. The second kappa shape index (κ2) is 5.14. The van der Waals surface area contributed by atoms with Crippen LogP contribution in [0.4, 0.5) is 5.82 Å². The predicted octanol–water partition coefficient (Wildman–Crippen LogP) is 0.838. The van der Waals surface area contributed by atoms with Crippen LogP contribution in [0.15, 0.2) is 18.3 Å². The Bertz CT molecular complexity index is 407. The van der Waals surface area contributed by atoms with Gasteiger partial charge in [0.25, 0.3) is 0 Å². The molecule has 0 saturated carbocycles. The number of nitrogens with two attached hydrogens (primary N) is 1. The van der Waals surface area contributed by atoms with E-state index in [2.05, 4.69) is 9.88 Å².